The van der Waals surface area contributed by atoms with Gasteiger partial charge < -0.3 is 14.7 Å². The van der Waals surface area contributed by atoms with Crippen molar-refractivity contribution in [1.29, 1.82) is 0 Å². The summed E-state index contributed by atoms with van der Waals surface area (Å²) in [6, 6.07) is 12.1. The van der Waals surface area contributed by atoms with Crippen molar-refractivity contribution in [2.45, 2.75) is 13.5 Å². The predicted octanol–water partition coefficient (Wildman–Crippen LogP) is 1.97. The fraction of sp³-hybridized carbons (Fsp3) is 0.316. The molecule has 0 amide bonds. The lowest BCUT2D eigenvalue weighted by atomic mass is 10.1. The number of benzene rings is 1. The molecular weight excluding hydrogens is 330 g/mol. The quantitative estimate of drug-likeness (QED) is 0.774. The highest BCUT2D eigenvalue weighted by Crippen LogP contribution is 2.21. The number of aliphatic hydroxyl groups is 1. The van der Waals surface area contributed by atoms with Gasteiger partial charge in [0.1, 0.15) is 12.4 Å². The molecule has 1 aromatic carbocycles. The molecule has 0 spiro atoms. The second-order valence-corrected chi connectivity index (χ2v) is 6.27. The number of aryl methyl sites for hydroxylation is 1. The molecule has 0 aliphatic carbocycles. The van der Waals surface area contributed by atoms with Crippen molar-refractivity contribution in [3.05, 3.63) is 54.0 Å². The Bertz CT molecular complexity index is 902. The Morgan fingerprint density at radius 1 is 1.08 bits per heavy atom. The first-order valence-electron chi connectivity index (χ1n) is 8.67. The van der Waals surface area contributed by atoms with Crippen LogP contribution in [0.15, 0.2) is 42.6 Å². The van der Waals surface area contributed by atoms with Gasteiger partial charge in [0.05, 0.1) is 18.9 Å². The first-order valence-corrected chi connectivity index (χ1v) is 8.67. The average molecular weight is 351 g/mol. The molecule has 4 rings (SSSR count). The summed E-state index contributed by atoms with van der Waals surface area (Å²) in [5.41, 5.74) is 3.13. The summed E-state index contributed by atoms with van der Waals surface area (Å²) in [6.45, 7) is 4.74. The van der Waals surface area contributed by atoms with Crippen LogP contribution in [0.3, 0.4) is 0 Å². The molecule has 1 N–H and O–H groups in total. The zero-order chi connectivity index (χ0) is 17.9. The third-order valence-electron chi connectivity index (χ3n) is 4.36. The van der Waals surface area contributed by atoms with Crippen LogP contribution in [0.5, 0.6) is 0 Å². The minimum absolute atomic E-state index is 0.211. The summed E-state index contributed by atoms with van der Waals surface area (Å²) < 4.78 is 7.13. The Morgan fingerprint density at radius 3 is 2.65 bits per heavy atom. The highest BCUT2D eigenvalue weighted by molar-refractivity contribution is 5.60. The van der Waals surface area contributed by atoms with E-state index in [2.05, 4.69) is 39.0 Å². The predicted molar refractivity (Wildman–Crippen MR) is 98.3 cm³/mol. The van der Waals surface area contributed by atoms with Gasteiger partial charge in [-0.3, -0.25) is 0 Å². The summed E-state index contributed by atoms with van der Waals surface area (Å²) in [5, 5.41) is 14.2. The number of aromatic nitrogens is 4. The molecule has 1 saturated heterocycles. The molecule has 0 saturated carbocycles. The van der Waals surface area contributed by atoms with Crippen LogP contribution >= 0.6 is 0 Å². The first kappa shape index (κ1) is 16.7. The Labute approximate surface area is 151 Å². The van der Waals surface area contributed by atoms with Crippen LogP contribution in [0.1, 0.15) is 11.4 Å². The van der Waals surface area contributed by atoms with E-state index in [1.165, 1.54) is 5.56 Å². The summed E-state index contributed by atoms with van der Waals surface area (Å²) in [4.78, 5) is 11.0. The molecular formula is C19H21N5O2. The molecule has 26 heavy (non-hydrogen) atoms. The topological polar surface area (TPSA) is 76.3 Å². The molecule has 7 heteroatoms. The Balaban J connectivity index is 1.69. The van der Waals surface area contributed by atoms with Crippen LogP contribution in [0.25, 0.3) is 17.1 Å². The third kappa shape index (κ3) is 3.44. The van der Waals surface area contributed by atoms with Crippen molar-refractivity contribution in [1.82, 2.24) is 19.7 Å². The van der Waals surface area contributed by atoms with Gasteiger partial charge in [-0.1, -0.05) is 23.8 Å². The van der Waals surface area contributed by atoms with Gasteiger partial charge in [0.25, 0.3) is 0 Å². The van der Waals surface area contributed by atoms with Crippen LogP contribution in [0.4, 0.5) is 5.82 Å². The van der Waals surface area contributed by atoms with E-state index >= 15 is 0 Å². The van der Waals surface area contributed by atoms with Gasteiger partial charge >= 0.3 is 0 Å². The third-order valence-corrected chi connectivity index (χ3v) is 4.36. The molecule has 0 radical (unpaired) electrons. The van der Waals surface area contributed by atoms with Crippen molar-refractivity contribution >= 4 is 5.82 Å². The molecule has 3 aromatic rings. The molecule has 1 aliphatic heterocycles. The fourth-order valence-electron chi connectivity index (χ4n) is 3.02. The number of nitrogens with zero attached hydrogens (tertiary/aromatic N) is 5. The van der Waals surface area contributed by atoms with Crippen LogP contribution in [0, 0.1) is 6.92 Å². The van der Waals surface area contributed by atoms with Crippen LogP contribution in [0.2, 0.25) is 0 Å². The van der Waals surface area contributed by atoms with Crippen molar-refractivity contribution in [2.24, 2.45) is 0 Å². The number of hydrogen-bond acceptors (Lipinski definition) is 6. The van der Waals surface area contributed by atoms with E-state index in [9.17, 15) is 5.11 Å². The van der Waals surface area contributed by atoms with Gasteiger partial charge in [0.2, 0.25) is 0 Å². The summed E-state index contributed by atoms with van der Waals surface area (Å²) in [6.07, 6.45) is 1.88. The number of aliphatic hydroxyl groups excluding tert-OH is 1. The van der Waals surface area contributed by atoms with Gasteiger partial charge in [-0.15, -0.1) is 0 Å². The second-order valence-electron chi connectivity index (χ2n) is 6.27. The van der Waals surface area contributed by atoms with Crippen LogP contribution < -0.4 is 4.90 Å². The van der Waals surface area contributed by atoms with E-state index in [-0.39, 0.29) is 6.61 Å². The van der Waals surface area contributed by atoms with E-state index in [0.29, 0.717) is 24.9 Å². The Kier molecular flexibility index (Phi) is 4.64. The van der Waals surface area contributed by atoms with Crippen molar-refractivity contribution in [2.75, 3.05) is 31.2 Å². The zero-order valence-corrected chi connectivity index (χ0v) is 14.7. The largest absolute Gasteiger partial charge is 0.388 e. The molecule has 0 atom stereocenters. The fourth-order valence-corrected chi connectivity index (χ4v) is 3.02. The van der Waals surface area contributed by atoms with E-state index in [1.54, 1.807) is 4.68 Å². The number of anilines is 1. The van der Waals surface area contributed by atoms with E-state index in [1.807, 2.05) is 30.5 Å². The molecule has 0 unspecified atom stereocenters. The van der Waals surface area contributed by atoms with Gasteiger partial charge in [0, 0.05) is 30.9 Å². The maximum absolute atomic E-state index is 9.55. The summed E-state index contributed by atoms with van der Waals surface area (Å²) >= 11 is 0. The van der Waals surface area contributed by atoms with Gasteiger partial charge in [-0.25, -0.2) is 14.6 Å². The van der Waals surface area contributed by atoms with Crippen molar-refractivity contribution in [3.8, 4) is 17.1 Å². The highest BCUT2D eigenvalue weighted by Gasteiger charge is 2.16. The second kappa shape index (κ2) is 7.23. The number of morpholine rings is 1. The molecule has 0 bridgehead atoms. The van der Waals surface area contributed by atoms with Crippen molar-refractivity contribution in [3.63, 3.8) is 0 Å². The Hall–Kier alpha value is -2.77. The minimum Gasteiger partial charge on any atom is -0.388 e. The lowest BCUT2D eigenvalue weighted by Gasteiger charge is -2.28. The lowest BCUT2D eigenvalue weighted by Crippen LogP contribution is -2.37. The average Bonchev–Trinajstić information content (AvgIpc) is 3.19. The maximum Gasteiger partial charge on any atom is 0.159 e. The van der Waals surface area contributed by atoms with E-state index < -0.39 is 0 Å². The molecule has 1 aliphatic rings. The summed E-state index contributed by atoms with van der Waals surface area (Å²) in [5.74, 6) is 1.82. The molecule has 2 aromatic heterocycles. The number of hydrogen-bond donors (Lipinski definition) is 1. The van der Waals surface area contributed by atoms with Gasteiger partial charge in [-0.2, -0.15) is 5.10 Å². The van der Waals surface area contributed by atoms with Gasteiger partial charge in [0.15, 0.2) is 11.6 Å². The normalized spacial score (nSPS) is 14.6. The molecule has 7 nitrogen and oxygen atoms in total. The monoisotopic (exact) mass is 351 g/mol. The molecule has 3 heterocycles. The smallest absolute Gasteiger partial charge is 0.159 e. The lowest BCUT2D eigenvalue weighted by molar-refractivity contribution is 0.122. The molecule has 1 fully saturated rings. The Morgan fingerprint density at radius 2 is 1.88 bits per heavy atom. The summed E-state index contributed by atoms with van der Waals surface area (Å²) in [7, 11) is 0. The SMILES string of the molecule is Cc1cccc(-c2ccn(-c3cc(N4CCOCC4)nc(CO)n3)n2)c1. The maximum atomic E-state index is 9.55. The standard InChI is InChI=1S/C19H21N5O2/c1-14-3-2-4-15(11-14)16-5-6-24(22-16)19-12-18(20-17(13-25)21-19)23-7-9-26-10-8-23/h2-6,11-12,25H,7-10,13H2,1H3. The number of rotatable bonds is 4. The van der Waals surface area contributed by atoms with E-state index in [4.69, 9.17) is 4.74 Å². The zero-order valence-electron chi connectivity index (χ0n) is 14.7. The van der Waals surface area contributed by atoms with E-state index in [0.717, 1.165) is 30.2 Å². The van der Waals surface area contributed by atoms with Gasteiger partial charge in [-0.05, 0) is 19.1 Å². The minimum atomic E-state index is -0.211. The first-order chi connectivity index (χ1) is 12.7. The molecule has 134 valence electrons. The van der Waals surface area contributed by atoms with Crippen LogP contribution in [-0.2, 0) is 11.3 Å². The van der Waals surface area contributed by atoms with Crippen LogP contribution in [-0.4, -0.2) is 51.2 Å². The highest BCUT2D eigenvalue weighted by atomic mass is 16.5. The number of ether oxygens (including phenoxy) is 1. The van der Waals surface area contributed by atoms with Crippen molar-refractivity contribution < 1.29 is 9.84 Å².